The van der Waals surface area contributed by atoms with E-state index < -0.39 is 28.7 Å². The lowest BCUT2D eigenvalue weighted by Gasteiger charge is -2.18. The van der Waals surface area contributed by atoms with Gasteiger partial charge in [0.25, 0.3) is 0 Å². The van der Waals surface area contributed by atoms with Crippen LogP contribution in [0.4, 0.5) is 0 Å². The van der Waals surface area contributed by atoms with Crippen LogP contribution in [0.2, 0.25) is 0 Å². The average Bonchev–Trinajstić information content (AvgIpc) is 2.63. The van der Waals surface area contributed by atoms with Gasteiger partial charge in [-0.1, -0.05) is 13.8 Å². The van der Waals surface area contributed by atoms with Gasteiger partial charge in [-0.3, -0.25) is 0 Å². The summed E-state index contributed by atoms with van der Waals surface area (Å²) in [5.74, 6) is -1.66. The highest BCUT2D eigenvalue weighted by atomic mass is 127. The molecule has 0 saturated heterocycles. The van der Waals surface area contributed by atoms with Crippen LogP contribution in [0.1, 0.15) is 41.3 Å². The topological polar surface area (TPSA) is 110 Å². The fraction of sp³-hybridized carbons (Fsp3) is 0.263. The van der Waals surface area contributed by atoms with E-state index in [4.69, 9.17) is 9.47 Å². The van der Waals surface area contributed by atoms with Crippen LogP contribution in [0.3, 0.4) is 0 Å². The fourth-order valence-electron chi connectivity index (χ4n) is 2.49. The predicted molar refractivity (Wildman–Crippen MR) is 134 cm³/mol. The SMILES string of the molecule is Cc1cc(S(=O)(=O)[O-])c(C(C)C)cc1OC(=O)COC(=O)c1cc(I)c(I)cc1I. The Bertz CT molecular complexity index is 1110. The first-order chi connectivity index (χ1) is 13.8. The summed E-state index contributed by atoms with van der Waals surface area (Å²) in [6.07, 6.45) is 0. The second-order valence-electron chi connectivity index (χ2n) is 6.56. The molecule has 0 spiro atoms. The lowest BCUT2D eigenvalue weighted by molar-refractivity contribution is -0.137. The molecule has 2 aromatic carbocycles. The van der Waals surface area contributed by atoms with Gasteiger partial charge in [0.15, 0.2) is 6.61 Å². The van der Waals surface area contributed by atoms with Gasteiger partial charge in [0.05, 0.1) is 10.5 Å². The van der Waals surface area contributed by atoms with Gasteiger partial charge in [-0.2, -0.15) is 0 Å². The number of rotatable bonds is 6. The molecule has 0 unspecified atom stereocenters. The van der Waals surface area contributed by atoms with Crippen molar-refractivity contribution < 1.29 is 32.0 Å². The van der Waals surface area contributed by atoms with E-state index in [0.717, 1.165) is 7.14 Å². The van der Waals surface area contributed by atoms with Crippen molar-refractivity contribution in [1.29, 1.82) is 0 Å². The average molecular weight is 769 g/mol. The number of benzene rings is 2. The largest absolute Gasteiger partial charge is 0.744 e. The molecule has 0 radical (unpaired) electrons. The van der Waals surface area contributed by atoms with Crippen LogP contribution in [-0.2, 0) is 19.6 Å². The molecule has 0 atom stereocenters. The smallest absolute Gasteiger partial charge is 0.349 e. The second kappa shape index (κ2) is 10.4. The van der Waals surface area contributed by atoms with Crippen molar-refractivity contribution in [2.75, 3.05) is 6.61 Å². The van der Waals surface area contributed by atoms with Gasteiger partial charge in [0.1, 0.15) is 15.9 Å². The van der Waals surface area contributed by atoms with E-state index in [1.807, 2.05) is 28.7 Å². The van der Waals surface area contributed by atoms with Crippen LogP contribution >= 0.6 is 67.8 Å². The predicted octanol–water partition coefficient (Wildman–Crippen LogP) is 4.60. The first kappa shape index (κ1) is 25.7. The Hall–Kier alpha value is -0.520. The molecule has 0 aliphatic heterocycles. The third-order valence-corrected chi connectivity index (χ3v) is 8.58. The zero-order valence-electron chi connectivity index (χ0n) is 16.0. The van der Waals surface area contributed by atoms with E-state index in [0.29, 0.717) is 14.7 Å². The minimum absolute atomic E-state index is 0.102. The first-order valence-corrected chi connectivity index (χ1v) is 13.1. The Balaban J connectivity index is 2.16. The lowest BCUT2D eigenvalue weighted by Crippen LogP contribution is -2.20. The summed E-state index contributed by atoms with van der Waals surface area (Å²) in [7, 11) is -4.67. The lowest BCUT2D eigenvalue weighted by atomic mass is 10.0. The van der Waals surface area contributed by atoms with Crippen LogP contribution in [0.5, 0.6) is 5.75 Å². The van der Waals surface area contributed by atoms with E-state index >= 15 is 0 Å². The molecule has 2 aromatic rings. The molecule has 11 heteroatoms. The maximum absolute atomic E-state index is 12.3. The second-order valence-corrected chi connectivity index (χ2v) is 11.4. The van der Waals surface area contributed by atoms with E-state index in [2.05, 4.69) is 45.2 Å². The third-order valence-electron chi connectivity index (χ3n) is 3.97. The Labute approximate surface area is 215 Å². The highest BCUT2D eigenvalue weighted by Crippen LogP contribution is 2.31. The van der Waals surface area contributed by atoms with Crippen LogP contribution < -0.4 is 4.74 Å². The molecular weight excluding hydrogens is 753 g/mol. The van der Waals surface area contributed by atoms with Crippen LogP contribution in [-0.4, -0.2) is 31.5 Å². The van der Waals surface area contributed by atoms with Gasteiger partial charge in [-0.05, 0) is 116 Å². The van der Waals surface area contributed by atoms with Gasteiger partial charge < -0.3 is 14.0 Å². The number of halogens is 3. The van der Waals surface area contributed by atoms with E-state index in [1.54, 1.807) is 19.9 Å². The molecular formula is C19H16I3O7S-. The van der Waals surface area contributed by atoms with Crippen LogP contribution in [0, 0.1) is 17.6 Å². The number of esters is 2. The summed E-state index contributed by atoms with van der Waals surface area (Å²) in [4.78, 5) is 24.2. The van der Waals surface area contributed by atoms with Crippen molar-refractivity contribution >= 4 is 89.8 Å². The Morgan fingerprint density at radius 1 is 1.03 bits per heavy atom. The van der Waals surface area contributed by atoms with Crippen molar-refractivity contribution in [3.63, 3.8) is 0 Å². The zero-order valence-corrected chi connectivity index (χ0v) is 23.3. The molecule has 0 heterocycles. The molecule has 0 aliphatic rings. The maximum atomic E-state index is 12.3. The minimum Gasteiger partial charge on any atom is -0.744 e. The normalized spacial score (nSPS) is 11.5. The minimum atomic E-state index is -4.67. The summed E-state index contributed by atoms with van der Waals surface area (Å²) in [6, 6.07) is 6.05. The molecule has 0 saturated carbocycles. The quantitative estimate of drug-likeness (QED) is 0.139. The summed E-state index contributed by atoms with van der Waals surface area (Å²) in [5.41, 5.74) is 0.894. The van der Waals surface area contributed by atoms with E-state index in [1.165, 1.54) is 19.1 Å². The molecule has 162 valence electrons. The first-order valence-electron chi connectivity index (χ1n) is 8.44. The molecule has 2 rings (SSSR count). The zero-order chi connectivity index (χ0) is 22.8. The molecule has 0 aliphatic carbocycles. The van der Waals surface area contributed by atoms with Gasteiger partial charge >= 0.3 is 11.9 Å². The maximum Gasteiger partial charge on any atom is 0.349 e. The Morgan fingerprint density at radius 3 is 2.20 bits per heavy atom. The van der Waals surface area contributed by atoms with E-state index in [-0.39, 0.29) is 22.1 Å². The van der Waals surface area contributed by atoms with Crippen molar-refractivity contribution in [1.82, 2.24) is 0 Å². The number of hydrogen-bond donors (Lipinski definition) is 0. The van der Waals surface area contributed by atoms with Crippen molar-refractivity contribution in [2.45, 2.75) is 31.6 Å². The number of hydrogen-bond acceptors (Lipinski definition) is 7. The molecule has 30 heavy (non-hydrogen) atoms. The van der Waals surface area contributed by atoms with Crippen molar-refractivity contribution in [3.05, 3.63) is 51.7 Å². The third kappa shape index (κ3) is 6.49. The molecule has 0 bridgehead atoms. The fourth-order valence-corrected chi connectivity index (χ4v) is 5.61. The number of carbonyl (C=O) groups excluding carboxylic acids is 2. The highest BCUT2D eigenvalue weighted by molar-refractivity contribution is 14.1. The Kier molecular flexibility index (Phi) is 8.92. The standard InChI is InChI=1S/C19H17I3O7S/c1-9(2)11-6-16(10(3)4-17(11)30(25,26)27)29-18(23)8-28-19(24)12-5-14(21)15(22)7-13(12)20/h4-7,9H,8H2,1-3H3,(H,25,26,27)/p-1. The summed E-state index contributed by atoms with van der Waals surface area (Å²) >= 11 is 6.27. The van der Waals surface area contributed by atoms with Gasteiger partial charge in [0, 0.05) is 10.7 Å². The van der Waals surface area contributed by atoms with Gasteiger partial charge in [-0.15, -0.1) is 0 Å². The molecule has 0 amide bonds. The monoisotopic (exact) mass is 769 g/mol. The molecule has 7 nitrogen and oxygen atoms in total. The number of aryl methyl sites for hydroxylation is 1. The van der Waals surface area contributed by atoms with Gasteiger partial charge in [0.2, 0.25) is 0 Å². The summed E-state index contributed by atoms with van der Waals surface area (Å²) < 4.78 is 47.4. The summed E-state index contributed by atoms with van der Waals surface area (Å²) in [5, 5.41) is 0. The molecule has 0 aromatic heterocycles. The Morgan fingerprint density at radius 2 is 1.63 bits per heavy atom. The summed E-state index contributed by atoms with van der Waals surface area (Å²) in [6.45, 7) is 4.34. The van der Waals surface area contributed by atoms with Crippen molar-refractivity contribution in [3.8, 4) is 5.75 Å². The van der Waals surface area contributed by atoms with Gasteiger partial charge in [-0.25, -0.2) is 18.0 Å². The highest BCUT2D eigenvalue weighted by Gasteiger charge is 2.19. The van der Waals surface area contributed by atoms with E-state index in [9.17, 15) is 22.6 Å². The molecule has 0 N–H and O–H groups in total. The van der Waals surface area contributed by atoms with Crippen LogP contribution in [0.15, 0.2) is 29.2 Å². The number of carbonyl (C=O) groups is 2. The van der Waals surface area contributed by atoms with Crippen LogP contribution in [0.25, 0.3) is 0 Å². The molecule has 0 fully saturated rings. The number of ether oxygens (including phenoxy) is 2. The van der Waals surface area contributed by atoms with Crippen molar-refractivity contribution in [2.24, 2.45) is 0 Å².